The van der Waals surface area contributed by atoms with Crippen molar-refractivity contribution in [3.05, 3.63) is 29.8 Å². The molecule has 0 aliphatic rings. The molecule has 18 heavy (non-hydrogen) atoms. The van der Waals surface area contributed by atoms with E-state index in [9.17, 15) is 13.2 Å². The third-order valence-electron chi connectivity index (χ3n) is 2.44. The Bertz CT molecular complexity index is 525. The number of aryl methyl sites for hydroxylation is 1. The summed E-state index contributed by atoms with van der Waals surface area (Å²) in [5.74, 6) is -1.18. The summed E-state index contributed by atoms with van der Waals surface area (Å²) < 4.78 is 26.2. The lowest BCUT2D eigenvalue weighted by Gasteiger charge is -2.11. The predicted molar refractivity (Wildman–Crippen MR) is 67.8 cm³/mol. The van der Waals surface area contributed by atoms with Crippen LogP contribution in [0.15, 0.2) is 29.2 Å². The Morgan fingerprint density at radius 3 is 2.67 bits per heavy atom. The van der Waals surface area contributed by atoms with Crippen molar-refractivity contribution < 1.29 is 18.3 Å². The lowest BCUT2D eigenvalue weighted by molar-refractivity contribution is -0.137. The molecule has 0 radical (unpaired) electrons. The van der Waals surface area contributed by atoms with Gasteiger partial charge in [-0.25, -0.2) is 13.1 Å². The van der Waals surface area contributed by atoms with Gasteiger partial charge >= 0.3 is 5.97 Å². The summed E-state index contributed by atoms with van der Waals surface area (Å²) in [7, 11) is -3.56. The number of carboxylic acid groups (broad SMARTS) is 1. The Morgan fingerprint density at radius 2 is 2.11 bits per heavy atom. The number of hydrogen-bond acceptors (Lipinski definition) is 3. The zero-order chi connectivity index (χ0) is 13.8. The van der Waals surface area contributed by atoms with E-state index in [0.29, 0.717) is 0 Å². The lowest BCUT2D eigenvalue weighted by Crippen LogP contribution is -2.29. The largest absolute Gasteiger partial charge is 0.481 e. The molecular weight excluding hydrogens is 254 g/mol. The summed E-state index contributed by atoms with van der Waals surface area (Å²) in [6.07, 6.45) is -0.0592. The molecule has 0 saturated heterocycles. The maximum Gasteiger partial charge on any atom is 0.303 e. The monoisotopic (exact) mass is 271 g/mol. The molecule has 100 valence electrons. The van der Waals surface area contributed by atoms with Crippen LogP contribution in [0.3, 0.4) is 0 Å². The number of aliphatic carboxylic acids is 1. The molecule has 0 amide bonds. The van der Waals surface area contributed by atoms with Crippen molar-refractivity contribution in [1.82, 2.24) is 4.72 Å². The van der Waals surface area contributed by atoms with Crippen molar-refractivity contribution in [1.29, 1.82) is 0 Å². The summed E-state index contributed by atoms with van der Waals surface area (Å²) in [4.78, 5) is 10.7. The van der Waals surface area contributed by atoms with Crippen molar-refractivity contribution in [3.63, 3.8) is 0 Å². The molecule has 0 spiro atoms. The van der Waals surface area contributed by atoms with Gasteiger partial charge in [-0.05, 0) is 30.5 Å². The van der Waals surface area contributed by atoms with Crippen molar-refractivity contribution in [3.8, 4) is 0 Å². The highest BCUT2D eigenvalue weighted by atomic mass is 32.2. The SMILES string of the molecule is Cc1cccc(S(=O)(=O)NCC(C)CC(=O)O)c1. The third kappa shape index (κ3) is 4.46. The molecule has 1 unspecified atom stereocenters. The van der Waals surface area contributed by atoms with Gasteiger partial charge in [0.05, 0.1) is 4.90 Å². The topological polar surface area (TPSA) is 83.5 Å². The Kier molecular flexibility index (Phi) is 4.86. The molecule has 1 aromatic carbocycles. The second-order valence-electron chi connectivity index (χ2n) is 4.37. The Hall–Kier alpha value is -1.40. The first kappa shape index (κ1) is 14.7. The predicted octanol–water partition coefficient (Wildman–Crippen LogP) is 1.38. The highest BCUT2D eigenvalue weighted by Gasteiger charge is 2.16. The van der Waals surface area contributed by atoms with E-state index in [0.717, 1.165) is 5.56 Å². The van der Waals surface area contributed by atoms with Crippen LogP contribution in [0.2, 0.25) is 0 Å². The van der Waals surface area contributed by atoms with Crippen LogP contribution in [-0.2, 0) is 14.8 Å². The molecule has 1 aromatic rings. The Labute approximate surface area is 107 Å². The quantitative estimate of drug-likeness (QED) is 0.819. The molecule has 6 heteroatoms. The second kappa shape index (κ2) is 5.97. The summed E-state index contributed by atoms with van der Waals surface area (Å²) in [6, 6.07) is 6.57. The number of benzene rings is 1. The molecule has 0 aromatic heterocycles. The van der Waals surface area contributed by atoms with Crippen LogP contribution in [0, 0.1) is 12.8 Å². The molecule has 2 N–H and O–H groups in total. The van der Waals surface area contributed by atoms with E-state index in [1.54, 1.807) is 19.1 Å². The number of rotatable bonds is 6. The highest BCUT2D eigenvalue weighted by molar-refractivity contribution is 7.89. The lowest BCUT2D eigenvalue weighted by atomic mass is 10.1. The molecule has 1 atom stereocenters. The summed E-state index contributed by atoms with van der Waals surface area (Å²) in [6.45, 7) is 3.61. The normalized spacial score (nSPS) is 13.2. The fourth-order valence-electron chi connectivity index (χ4n) is 1.49. The first-order valence-corrected chi connectivity index (χ1v) is 7.07. The van der Waals surface area contributed by atoms with Gasteiger partial charge in [-0.1, -0.05) is 19.1 Å². The smallest absolute Gasteiger partial charge is 0.303 e. The number of sulfonamides is 1. The summed E-state index contributed by atoms with van der Waals surface area (Å²) in [5.41, 5.74) is 0.858. The number of carboxylic acids is 1. The van der Waals surface area contributed by atoms with Gasteiger partial charge in [0, 0.05) is 13.0 Å². The van der Waals surface area contributed by atoms with Crippen LogP contribution in [0.4, 0.5) is 0 Å². The van der Waals surface area contributed by atoms with Crippen molar-refractivity contribution in [2.45, 2.75) is 25.2 Å². The first-order chi connectivity index (χ1) is 8.31. The van der Waals surface area contributed by atoms with E-state index >= 15 is 0 Å². The van der Waals surface area contributed by atoms with Crippen molar-refractivity contribution in [2.24, 2.45) is 5.92 Å². The molecule has 0 bridgehead atoms. The van der Waals surface area contributed by atoms with Crippen LogP contribution in [0.1, 0.15) is 18.9 Å². The maximum atomic E-state index is 11.9. The van der Waals surface area contributed by atoms with Gasteiger partial charge in [-0.3, -0.25) is 4.79 Å². The van der Waals surface area contributed by atoms with Crippen LogP contribution < -0.4 is 4.72 Å². The average molecular weight is 271 g/mol. The molecule has 0 fully saturated rings. The molecule has 5 nitrogen and oxygen atoms in total. The molecule has 0 aliphatic carbocycles. The van der Waals surface area contributed by atoms with E-state index in [1.165, 1.54) is 6.07 Å². The van der Waals surface area contributed by atoms with Crippen LogP contribution >= 0.6 is 0 Å². The average Bonchev–Trinajstić information content (AvgIpc) is 2.26. The van der Waals surface area contributed by atoms with Gasteiger partial charge in [0.2, 0.25) is 10.0 Å². The minimum atomic E-state index is -3.56. The van der Waals surface area contributed by atoms with Crippen molar-refractivity contribution >= 4 is 16.0 Å². The maximum absolute atomic E-state index is 11.9. The highest BCUT2D eigenvalue weighted by Crippen LogP contribution is 2.11. The molecular formula is C12H17NO4S. The van der Waals surface area contributed by atoms with Crippen LogP contribution in [0.5, 0.6) is 0 Å². The Morgan fingerprint density at radius 1 is 1.44 bits per heavy atom. The minimum Gasteiger partial charge on any atom is -0.481 e. The zero-order valence-electron chi connectivity index (χ0n) is 10.4. The summed E-state index contributed by atoms with van der Waals surface area (Å²) in [5, 5.41) is 8.59. The standard InChI is InChI=1S/C12H17NO4S/c1-9-4-3-5-11(6-9)18(16,17)13-8-10(2)7-12(14)15/h3-6,10,13H,7-8H2,1-2H3,(H,14,15). The molecule has 0 aliphatic heterocycles. The van der Waals surface area contributed by atoms with Gasteiger partial charge in [0.1, 0.15) is 0 Å². The van der Waals surface area contributed by atoms with E-state index in [1.807, 2.05) is 13.0 Å². The van der Waals surface area contributed by atoms with Gasteiger partial charge in [0.15, 0.2) is 0 Å². The van der Waals surface area contributed by atoms with Gasteiger partial charge in [-0.2, -0.15) is 0 Å². The second-order valence-corrected chi connectivity index (χ2v) is 6.14. The molecule has 1 rings (SSSR count). The van der Waals surface area contributed by atoms with E-state index in [-0.39, 0.29) is 23.8 Å². The minimum absolute atomic E-state index is 0.0592. The molecule has 0 heterocycles. The summed E-state index contributed by atoms with van der Waals surface area (Å²) >= 11 is 0. The Balaban J connectivity index is 2.68. The van der Waals surface area contributed by atoms with E-state index in [4.69, 9.17) is 5.11 Å². The van der Waals surface area contributed by atoms with Gasteiger partial charge < -0.3 is 5.11 Å². The van der Waals surface area contributed by atoms with Gasteiger partial charge in [-0.15, -0.1) is 0 Å². The number of hydrogen-bond donors (Lipinski definition) is 2. The zero-order valence-corrected chi connectivity index (χ0v) is 11.2. The molecule has 0 saturated carbocycles. The number of nitrogens with one attached hydrogen (secondary N) is 1. The van der Waals surface area contributed by atoms with Crippen molar-refractivity contribution in [2.75, 3.05) is 6.54 Å². The van der Waals surface area contributed by atoms with E-state index in [2.05, 4.69) is 4.72 Å². The number of carbonyl (C=O) groups is 1. The fraction of sp³-hybridized carbons (Fsp3) is 0.417. The van der Waals surface area contributed by atoms with E-state index < -0.39 is 16.0 Å². The fourth-order valence-corrected chi connectivity index (χ4v) is 2.76. The van der Waals surface area contributed by atoms with Gasteiger partial charge in [0.25, 0.3) is 0 Å². The van der Waals surface area contributed by atoms with Crippen LogP contribution in [0.25, 0.3) is 0 Å². The third-order valence-corrected chi connectivity index (χ3v) is 3.87. The van der Waals surface area contributed by atoms with Crippen LogP contribution in [-0.4, -0.2) is 26.0 Å². The first-order valence-electron chi connectivity index (χ1n) is 5.59.